The number of benzene rings is 1. The van der Waals surface area contributed by atoms with Gasteiger partial charge in [-0.2, -0.15) is 0 Å². The predicted molar refractivity (Wildman–Crippen MR) is 62.6 cm³/mol. The van der Waals surface area contributed by atoms with Gasteiger partial charge < -0.3 is 15.8 Å². The Morgan fingerprint density at radius 1 is 1.56 bits per heavy atom. The van der Waals surface area contributed by atoms with E-state index in [1.165, 1.54) is 0 Å². The van der Waals surface area contributed by atoms with E-state index in [-0.39, 0.29) is 11.9 Å². The summed E-state index contributed by atoms with van der Waals surface area (Å²) in [6.45, 7) is 1.24. The lowest BCUT2D eigenvalue weighted by atomic mass is 10.1. The summed E-state index contributed by atoms with van der Waals surface area (Å²) in [4.78, 5) is 11.9. The minimum Gasteiger partial charge on any atom is -0.398 e. The maximum Gasteiger partial charge on any atom is 0.255 e. The smallest absolute Gasteiger partial charge is 0.255 e. The molecule has 5 heteroatoms. The number of nitrogens with one attached hydrogen (secondary N) is 1. The summed E-state index contributed by atoms with van der Waals surface area (Å²) in [5.74, 6) is -0.237. The van der Waals surface area contributed by atoms with Crippen molar-refractivity contribution in [1.82, 2.24) is 5.32 Å². The molecule has 2 rings (SSSR count). The summed E-state index contributed by atoms with van der Waals surface area (Å²) in [6, 6.07) is 5.08. The fourth-order valence-electron chi connectivity index (χ4n) is 1.69. The molecular formula is C11H13ClN2O2. The van der Waals surface area contributed by atoms with Crippen LogP contribution in [0.3, 0.4) is 0 Å². The van der Waals surface area contributed by atoms with E-state index in [1.807, 2.05) is 0 Å². The van der Waals surface area contributed by atoms with Crippen molar-refractivity contribution in [2.45, 2.75) is 12.5 Å². The molecule has 1 aliphatic rings. The minimum atomic E-state index is -0.237. The second-order valence-electron chi connectivity index (χ2n) is 3.74. The molecule has 1 unspecified atom stereocenters. The predicted octanol–water partition coefficient (Wildman–Crippen LogP) is 1.44. The average Bonchev–Trinajstić information content (AvgIpc) is 2.70. The molecule has 1 aromatic rings. The van der Waals surface area contributed by atoms with Crippen molar-refractivity contribution in [3.63, 3.8) is 0 Å². The highest BCUT2D eigenvalue weighted by Gasteiger charge is 2.21. The van der Waals surface area contributed by atoms with Crippen molar-refractivity contribution in [3.8, 4) is 0 Å². The van der Waals surface area contributed by atoms with E-state index in [1.54, 1.807) is 18.2 Å². The number of amides is 1. The first kappa shape index (κ1) is 11.2. The summed E-state index contributed by atoms with van der Waals surface area (Å²) in [5, 5.41) is 3.22. The van der Waals surface area contributed by atoms with Crippen LogP contribution in [0.1, 0.15) is 16.8 Å². The zero-order valence-electron chi connectivity index (χ0n) is 8.70. The second-order valence-corrected chi connectivity index (χ2v) is 4.15. The zero-order valence-corrected chi connectivity index (χ0v) is 9.46. The molecule has 1 saturated heterocycles. The Bertz CT molecular complexity index is 383. The highest BCUT2D eigenvalue weighted by atomic mass is 35.5. The Balaban J connectivity index is 2.13. The first-order valence-electron chi connectivity index (χ1n) is 5.11. The molecule has 1 atom stereocenters. The Labute approximate surface area is 98.7 Å². The molecule has 0 aromatic heterocycles. The fourth-order valence-corrected chi connectivity index (χ4v) is 1.95. The molecular weight excluding hydrogens is 228 g/mol. The molecule has 0 bridgehead atoms. The molecule has 0 aliphatic carbocycles. The van der Waals surface area contributed by atoms with Gasteiger partial charge in [-0.25, -0.2) is 0 Å². The van der Waals surface area contributed by atoms with Gasteiger partial charge in [0.25, 0.3) is 5.91 Å². The van der Waals surface area contributed by atoms with E-state index in [4.69, 9.17) is 22.1 Å². The third-order valence-corrected chi connectivity index (χ3v) is 2.85. The van der Waals surface area contributed by atoms with Crippen LogP contribution in [0.5, 0.6) is 0 Å². The van der Waals surface area contributed by atoms with Crippen molar-refractivity contribution in [2.75, 3.05) is 18.9 Å². The van der Waals surface area contributed by atoms with Gasteiger partial charge in [-0.05, 0) is 18.6 Å². The normalized spacial score (nSPS) is 19.7. The number of ether oxygens (including phenoxy) is 1. The largest absolute Gasteiger partial charge is 0.398 e. The number of hydrogen-bond acceptors (Lipinski definition) is 3. The van der Waals surface area contributed by atoms with Crippen LogP contribution >= 0.6 is 11.6 Å². The summed E-state index contributed by atoms with van der Waals surface area (Å²) in [6.07, 6.45) is 0.829. The maximum absolute atomic E-state index is 11.9. The van der Waals surface area contributed by atoms with Gasteiger partial charge in [-0.3, -0.25) is 4.79 Å². The summed E-state index contributed by atoms with van der Waals surface area (Å²) in [7, 11) is 0. The molecule has 1 amide bonds. The fraction of sp³-hybridized carbons (Fsp3) is 0.364. The number of nitrogens with two attached hydrogens (primary N) is 1. The van der Waals surface area contributed by atoms with E-state index in [0.29, 0.717) is 29.5 Å². The van der Waals surface area contributed by atoms with Crippen molar-refractivity contribution < 1.29 is 9.53 Å². The number of rotatable bonds is 2. The van der Waals surface area contributed by atoms with Gasteiger partial charge in [-0.15, -0.1) is 0 Å². The lowest BCUT2D eigenvalue weighted by Gasteiger charge is -2.12. The highest BCUT2D eigenvalue weighted by Crippen LogP contribution is 2.22. The van der Waals surface area contributed by atoms with Crippen LogP contribution in [0.4, 0.5) is 5.69 Å². The SMILES string of the molecule is Nc1cccc(Cl)c1C(=O)NC1CCOC1. The molecule has 16 heavy (non-hydrogen) atoms. The van der Waals surface area contributed by atoms with Crippen LogP contribution in [-0.4, -0.2) is 25.2 Å². The van der Waals surface area contributed by atoms with E-state index in [9.17, 15) is 4.79 Å². The van der Waals surface area contributed by atoms with Crippen LogP contribution in [0.15, 0.2) is 18.2 Å². The third kappa shape index (κ3) is 2.28. The molecule has 1 aromatic carbocycles. The second kappa shape index (κ2) is 4.72. The van der Waals surface area contributed by atoms with Crippen LogP contribution < -0.4 is 11.1 Å². The molecule has 1 aliphatic heterocycles. The highest BCUT2D eigenvalue weighted by molar-refractivity contribution is 6.34. The van der Waals surface area contributed by atoms with Gasteiger partial charge in [0, 0.05) is 12.3 Å². The number of nitrogen functional groups attached to an aromatic ring is 1. The van der Waals surface area contributed by atoms with Crippen molar-refractivity contribution in [3.05, 3.63) is 28.8 Å². The van der Waals surface area contributed by atoms with Crippen LogP contribution in [0.25, 0.3) is 0 Å². The van der Waals surface area contributed by atoms with Crippen LogP contribution in [0, 0.1) is 0 Å². The summed E-state index contributed by atoms with van der Waals surface area (Å²) < 4.78 is 5.18. The molecule has 0 spiro atoms. The topological polar surface area (TPSA) is 64.4 Å². The maximum atomic E-state index is 11.9. The van der Waals surface area contributed by atoms with Gasteiger partial charge in [0.2, 0.25) is 0 Å². The molecule has 0 radical (unpaired) electrons. The summed E-state index contributed by atoms with van der Waals surface area (Å²) in [5.41, 5.74) is 6.46. The Morgan fingerprint density at radius 2 is 2.38 bits per heavy atom. The third-order valence-electron chi connectivity index (χ3n) is 2.54. The van der Waals surface area contributed by atoms with Gasteiger partial charge in [0.15, 0.2) is 0 Å². The lowest BCUT2D eigenvalue weighted by Crippen LogP contribution is -2.35. The number of carbonyl (C=O) groups is 1. The molecule has 0 saturated carbocycles. The van der Waals surface area contributed by atoms with Gasteiger partial charge in [0.05, 0.1) is 23.2 Å². The monoisotopic (exact) mass is 240 g/mol. The first-order valence-corrected chi connectivity index (χ1v) is 5.49. The molecule has 86 valence electrons. The van der Waals surface area contributed by atoms with Gasteiger partial charge in [0.1, 0.15) is 0 Å². The van der Waals surface area contributed by atoms with Crippen LogP contribution in [-0.2, 0) is 4.74 Å². The quantitative estimate of drug-likeness (QED) is 0.769. The molecule has 4 nitrogen and oxygen atoms in total. The van der Waals surface area contributed by atoms with Gasteiger partial charge in [-0.1, -0.05) is 17.7 Å². The molecule has 1 fully saturated rings. The van der Waals surface area contributed by atoms with E-state index in [0.717, 1.165) is 6.42 Å². The number of anilines is 1. The average molecular weight is 241 g/mol. The van der Waals surface area contributed by atoms with Crippen LogP contribution in [0.2, 0.25) is 5.02 Å². The number of halogens is 1. The number of carbonyl (C=O) groups excluding carboxylic acids is 1. The Morgan fingerprint density at radius 3 is 3.00 bits per heavy atom. The lowest BCUT2D eigenvalue weighted by molar-refractivity contribution is 0.0931. The summed E-state index contributed by atoms with van der Waals surface area (Å²) >= 11 is 5.94. The Kier molecular flexibility index (Phi) is 3.31. The van der Waals surface area contributed by atoms with Crippen molar-refractivity contribution >= 4 is 23.2 Å². The van der Waals surface area contributed by atoms with E-state index >= 15 is 0 Å². The Hall–Kier alpha value is -1.26. The standard InChI is InChI=1S/C11H13ClN2O2/c12-8-2-1-3-9(13)10(8)11(15)14-7-4-5-16-6-7/h1-3,7H,4-6,13H2,(H,14,15). The van der Waals surface area contributed by atoms with E-state index < -0.39 is 0 Å². The molecule has 3 N–H and O–H groups in total. The zero-order chi connectivity index (χ0) is 11.5. The molecule has 1 heterocycles. The van der Waals surface area contributed by atoms with E-state index in [2.05, 4.69) is 5.32 Å². The first-order chi connectivity index (χ1) is 7.68. The van der Waals surface area contributed by atoms with Gasteiger partial charge >= 0.3 is 0 Å². The van der Waals surface area contributed by atoms with Crippen molar-refractivity contribution in [2.24, 2.45) is 0 Å². The van der Waals surface area contributed by atoms with Crippen molar-refractivity contribution in [1.29, 1.82) is 0 Å². The number of hydrogen-bond donors (Lipinski definition) is 2. The minimum absolute atomic E-state index is 0.0585.